The summed E-state index contributed by atoms with van der Waals surface area (Å²) in [6.07, 6.45) is 4.81. The monoisotopic (exact) mass is 392 g/mol. The molecule has 2 aromatic rings. The molecule has 0 unspecified atom stereocenters. The van der Waals surface area contributed by atoms with Crippen molar-refractivity contribution in [3.05, 3.63) is 59.8 Å². The molecule has 1 spiro atoms. The summed E-state index contributed by atoms with van der Waals surface area (Å²) >= 11 is 0. The molecule has 2 aliphatic heterocycles. The second-order valence-corrected chi connectivity index (χ2v) is 7.95. The Morgan fingerprint density at radius 2 is 2.14 bits per heavy atom. The lowest BCUT2D eigenvalue weighted by Gasteiger charge is -2.32. The first kappa shape index (κ1) is 19.8. The molecule has 0 bridgehead atoms. The average Bonchev–Trinajstić information content (AvgIpc) is 3.05. The topological polar surface area (TPSA) is 70.4 Å². The Hall–Kier alpha value is -2.46. The van der Waals surface area contributed by atoms with E-state index < -0.39 is 0 Å². The predicted octanol–water partition coefficient (Wildman–Crippen LogP) is 2.86. The van der Waals surface area contributed by atoms with Gasteiger partial charge in [-0.3, -0.25) is 4.90 Å². The number of benzene rings is 1. The molecule has 0 amide bonds. The van der Waals surface area contributed by atoms with Crippen LogP contribution in [0.4, 0.5) is 5.82 Å². The van der Waals surface area contributed by atoms with Crippen molar-refractivity contribution in [3.63, 3.8) is 0 Å². The van der Waals surface area contributed by atoms with E-state index in [1.165, 1.54) is 5.56 Å². The van der Waals surface area contributed by atoms with Crippen LogP contribution in [0.2, 0.25) is 0 Å². The average molecular weight is 393 g/mol. The maximum Gasteiger partial charge on any atom is 0.126 e. The largest absolute Gasteiger partial charge is 0.377 e. The van der Waals surface area contributed by atoms with Crippen LogP contribution in [0, 0.1) is 11.3 Å². The van der Waals surface area contributed by atoms with E-state index in [9.17, 15) is 0 Å². The number of aromatic nitrogens is 1. The summed E-state index contributed by atoms with van der Waals surface area (Å²) in [5, 5.41) is 12.2. The molecule has 0 aliphatic carbocycles. The van der Waals surface area contributed by atoms with Crippen LogP contribution in [0.15, 0.2) is 48.7 Å². The summed E-state index contributed by atoms with van der Waals surface area (Å²) in [4.78, 5) is 6.76. The van der Waals surface area contributed by atoms with Gasteiger partial charge >= 0.3 is 0 Å². The zero-order chi connectivity index (χ0) is 19.9. The first-order valence-electron chi connectivity index (χ1n) is 10.4. The van der Waals surface area contributed by atoms with E-state index in [1.54, 1.807) is 12.3 Å². The summed E-state index contributed by atoms with van der Waals surface area (Å²) < 4.78 is 12.4. The molecule has 152 valence electrons. The van der Waals surface area contributed by atoms with Gasteiger partial charge in [0.1, 0.15) is 17.5 Å². The number of hydrogen-bond donors (Lipinski definition) is 1. The number of anilines is 1. The number of ether oxygens (including phenoxy) is 2. The summed E-state index contributed by atoms with van der Waals surface area (Å²) in [5.41, 5.74) is 1.73. The van der Waals surface area contributed by atoms with Crippen LogP contribution in [-0.4, -0.2) is 61.0 Å². The quantitative estimate of drug-likeness (QED) is 0.815. The highest BCUT2D eigenvalue weighted by molar-refractivity contribution is 5.39. The van der Waals surface area contributed by atoms with Gasteiger partial charge in [-0.25, -0.2) is 4.98 Å². The molecule has 0 radical (unpaired) electrons. The number of hydrogen-bond acceptors (Lipinski definition) is 6. The van der Waals surface area contributed by atoms with Crippen molar-refractivity contribution < 1.29 is 9.47 Å². The Morgan fingerprint density at radius 3 is 2.93 bits per heavy atom. The number of nitrogens with one attached hydrogen (secondary N) is 1. The SMILES string of the molecule is N#Cc1ccc(NC[C@@H]2CC[C@]3(COCCN(CCc4ccccc4)C3)O2)nc1. The van der Waals surface area contributed by atoms with Crippen molar-refractivity contribution in [3.8, 4) is 6.07 Å². The second kappa shape index (κ2) is 9.36. The Morgan fingerprint density at radius 1 is 1.24 bits per heavy atom. The van der Waals surface area contributed by atoms with Crippen LogP contribution in [0.1, 0.15) is 24.0 Å². The van der Waals surface area contributed by atoms with E-state index in [2.05, 4.69) is 51.6 Å². The molecule has 2 atom stereocenters. The van der Waals surface area contributed by atoms with Gasteiger partial charge in [-0.15, -0.1) is 0 Å². The molecule has 2 fully saturated rings. The van der Waals surface area contributed by atoms with Gasteiger partial charge in [-0.1, -0.05) is 30.3 Å². The van der Waals surface area contributed by atoms with Crippen LogP contribution in [0.25, 0.3) is 0 Å². The van der Waals surface area contributed by atoms with Crippen LogP contribution >= 0.6 is 0 Å². The molecule has 2 saturated heterocycles. The molecule has 6 heteroatoms. The molecular weight excluding hydrogens is 364 g/mol. The minimum Gasteiger partial charge on any atom is -0.377 e. The van der Waals surface area contributed by atoms with Gasteiger partial charge in [0.15, 0.2) is 0 Å². The first-order chi connectivity index (χ1) is 14.2. The highest BCUT2D eigenvalue weighted by Gasteiger charge is 2.42. The van der Waals surface area contributed by atoms with Gasteiger partial charge in [-0.05, 0) is 37.0 Å². The number of nitrogens with zero attached hydrogens (tertiary/aromatic N) is 3. The third-order valence-electron chi connectivity index (χ3n) is 5.73. The molecule has 6 nitrogen and oxygen atoms in total. The smallest absolute Gasteiger partial charge is 0.126 e. The van der Waals surface area contributed by atoms with E-state index in [-0.39, 0.29) is 11.7 Å². The molecule has 29 heavy (non-hydrogen) atoms. The van der Waals surface area contributed by atoms with Crippen molar-refractivity contribution in [1.82, 2.24) is 9.88 Å². The lowest BCUT2D eigenvalue weighted by atomic mass is 10.00. The van der Waals surface area contributed by atoms with Gasteiger partial charge < -0.3 is 14.8 Å². The standard InChI is InChI=1S/C23H28N4O2/c24-14-20-6-7-22(25-15-20)26-16-21-8-10-23(29-21)17-27(12-13-28-18-23)11-9-19-4-2-1-3-5-19/h1-7,15,21H,8-13,16-18H2,(H,25,26)/t21-,23-/m0/s1. The van der Waals surface area contributed by atoms with Crippen molar-refractivity contribution in [1.29, 1.82) is 5.26 Å². The lowest BCUT2D eigenvalue weighted by Crippen LogP contribution is -2.45. The Bertz CT molecular complexity index is 821. The summed E-state index contributed by atoms with van der Waals surface area (Å²) in [7, 11) is 0. The van der Waals surface area contributed by atoms with Gasteiger partial charge in [0, 0.05) is 32.4 Å². The maximum atomic E-state index is 8.87. The predicted molar refractivity (Wildman–Crippen MR) is 112 cm³/mol. The second-order valence-electron chi connectivity index (χ2n) is 7.95. The van der Waals surface area contributed by atoms with Gasteiger partial charge in [-0.2, -0.15) is 5.26 Å². The van der Waals surface area contributed by atoms with E-state index in [0.717, 1.165) is 51.3 Å². The van der Waals surface area contributed by atoms with E-state index in [4.69, 9.17) is 14.7 Å². The van der Waals surface area contributed by atoms with Crippen molar-refractivity contribution in [2.45, 2.75) is 31.0 Å². The zero-order valence-electron chi connectivity index (χ0n) is 16.7. The third kappa shape index (κ3) is 5.33. The Balaban J connectivity index is 1.29. The van der Waals surface area contributed by atoms with Crippen LogP contribution in [0.5, 0.6) is 0 Å². The molecule has 1 N–H and O–H groups in total. The fourth-order valence-electron chi connectivity index (χ4n) is 4.15. The van der Waals surface area contributed by atoms with Crippen LogP contribution in [0.3, 0.4) is 0 Å². The summed E-state index contributed by atoms with van der Waals surface area (Å²) in [6, 6.07) is 16.3. The maximum absolute atomic E-state index is 8.87. The zero-order valence-corrected chi connectivity index (χ0v) is 16.7. The van der Waals surface area contributed by atoms with Gasteiger partial charge in [0.25, 0.3) is 0 Å². The van der Waals surface area contributed by atoms with Gasteiger partial charge in [0.2, 0.25) is 0 Å². The van der Waals surface area contributed by atoms with E-state index in [1.807, 2.05) is 6.07 Å². The molecule has 3 heterocycles. The third-order valence-corrected chi connectivity index (χ3v) is 5.73. The molecule has 0 saturated carbocycles. The number of pyridine rings is 1. The number of rotatable bonds is 6. The molecule has 1 aromatic heterocycles. The highest BCUT2D eigenvalue weighted by atomic mass is 16.6. The van der Waals surface area contributed by atoms with Crippen molar-refractivity contribution >= 4 is 5.82 Å². The van der Waals surface area contributed by atoms with Crippen LogP contribution < -0.4 is 5.32 Å². The molecule has 1 aromatic carbocycles. The van der Waals surface area contributed by atoms with Crippen molar-refractivity contribution in [2.24, 2.45) is 0 Å². The first-order valence-corrected chi connectivity index (χ1v) is 10.4. The van der Waals surface area contributed by atoms with Gasteiger partial charge in [0.05, 0.1) is 24.9 Å². The van der Waals surface area contributed by atoms with Crippen LogP contribution in [-0.2, 0) is 15.9 Å². The molecule has 2 aliphatic rings. The minimum absolute atomic E-state index is 0.144. The fourth-order valence-corrected chi connectivity index (χ4v) is 4.15. The van der Waals surface area contributed by atoms with E-state index in [0.29, 0.717) is 18.7 Å². The molecular formula is C23H28N4O2. The Labute approximate surface area is 172 Å². The van der Waals surface area contributed by atoms with Crippen molar-refractivity contribution in [2.75, 3.05) is 44.7 Å². The number of nitriles is 1. The fraction of sp³-hybridized carbons (Fsp3) is 0.478. The van der Waals surface area contributed by atoms with E-state index >= 15 is 0 Å². The molecule has 4 rings (SSSR count). The highest BCUT2D eigenvalue weighted by Crippen LogP contribution is 2.33. The summed E-state index contributed by atoms with van der Waals surface area (Å²) in [6.45, 7) is 5.04. The lowest BCUT2D eigenvalue weighted by molar-refractivity contribution is -0.0820. The normalized spacial score (nSPS) is 24.9. The summed E-state index contributed by atoms with van der Waals surface area (Å²) in [5.74, 6) is 0.773. The Kier molecular flexibility index (Phi) is 6.40. The minimum atomic E-state index is -0.211.